The number of carbonyl (C=O) groups is 2. The van der Waals surface area contributed by atoms with Crippen molar-refractivity contribution in [1.29, 1.82) is 0 Å². The van der Waals surface area contributed by atoms with Gasteiger partial charge in [0.1, 0.15) is 0 Å². The molecule has 3 heterocycles. The SMILES string of the molecule is CC(=O)N1[C@@H]2CN(C(=O)c3nccn3C)[C@@H]3CCC[C@H]1[C@]3(C)C2. The van der Waals surface area contributed by atoms with Crippen LogP contribution in [0.25, 0.3) is 0 Å². The van der Waals surface area contributed by atoms with Crippen LogP contribution in [0.15, 0.2) is 12.4 Å². The van der Waals surface area contributed by atoms with Crippen LogP contribution in [0.4, 0.5) is 0 Å². The van der Waals surface area contributed by atoms with E-state index in [9.17, 15) is 9.59 Å². The molecule has 1 aromatic rings. The number of carbonyl (C=O) groups excluding carboxylic acids is 2. The number of nitrogens with zero attached hydrogens (tertiary/aromatic N) is 4. The van der Waals surface area contributed by atoms with E-state index in [4.69, 9.17) is 0 Å². The van der Waals surface area contributed by atoms with Gasteiger partial charge in [-0.2, -0.15) is 0 Å². The van der Waals surface area contributed by atoms with E-state index in [1.54, 1.807) is 23.9 Å². The van der Waals surface area contributed by atoms with E-state index in [-0.39, 0.29) is 35.4 Å². The molecule has 2 amide bonds. The Morgan fingerprint density at radius 2 is 2.04 bits per heavy atom. The predicted octanol–water partition coefficient (Wildman–Crippen LogP) is 1.42. The number of rotatable bonds is 1. The van der Waals surface area contributed by atoms with Gasteiger partial charge in [-0.1, -0.05) is 6.92 Å². The molecule has 2 saturated heterocycles. The predicted molar refractivity (Wildman–Crippen MR) is 84.7 cm³/mol. The standard InChI is InChI=1S/C17H24N4O2/c1-11(22)21-12-9-17(2)13(5-4-6-14(17)21)20(10-12)16(23)15-18-7-8-19(15)3/h7-8,12-14H,4-6,9-10H2,1-3H3/t12-,13+,14-,17+/m0/s1. The van der Waals surface area contributed by atoms with Crippen LogP contribution in [-0.4, -0.2) is 55.8 Å². The van der Waals surface area contributed by atoms with Crippen molar-refractivity contribution < 1.29 is 9.59 Å². The first-order chi connectivity index (χ1) is 10.9. The summed E-state index contributed by atoms with van der Waals surface area (Å²) < 4.78 is 1.78. The number of likely N-dealkylation sites (tertiary alicyclic amines) is 2. The van der Waals surface area contributed by atoms with Crippen LogP contribution in [0.3, 0.4) is 0 Å². The maximum Gasteiger partial charge on any atom is 0.290 e. The van der Waals surface area contributed by atoms with Crippen LogP contribution in [0.2, 0.25) is 0 Å². The monoisotopic (exact) mass is 316 g/mol. The molecule has 124 valence electrons. The van der Waals surface area contributed by atoms with Crippen LogP contribution >= 0.6 is 0 Å². The highest BCUT2D eigenvalue weighted by Crippen LogP contribution is 2.54. The molecule has 4 atom stereocenters. The Balaban J connectivity index is 1.73. The molecule has 2 aliphatic heterocycles. The van der Waals surface area contributed by atoms with Gasteiger partial charge in [-0.15, -0.1) is 0 Å². The van der Waals surface area contributed by atoms with E-state index in [1.807, 2.05) is 11.9 Å². The molecule has 1 aromatic heterocycles. The van der Waals surface area contributed by atoms with E-state index >= 15 is 0 Å². The quantitative estimate of drug-likeness (QED) is 0.787. The lowest BCUT2D eigenvalue weighted by Crippen LogP contribution is -2.58. The van der Waals surface area contributed by atoms with E-state index in [0.717, 1.165) is 25.7 Å². The van der Waals surface area contributed by atoms with E-state index in [2.05, 4.69) is 16.8 Å². The van der Waals surface area contributed by atoms with Crippen molar-refractivity contribution in [3.8, 4) is 0 Å². The first-order valence-corrected chi connectivity index (χ1v) is 8.50. The summed E-state index contributed by atoms with van der Waals surface area (Å²) in [6.07, 6.45) is 7.66. The number of amides is 2. The average molecular weight is 316 g/mol. The topological polar surface area (TPSA) is 58.4 Å². The highest BCUT2D eigenvalue weighted by molar-refractivity contribution is 5.91. The van der Waals surface area contributed by atoms with Crippen molar-refractivity contribution in [2.45, 2.75) is 57.7 Å². The Morgan fingerprint density at radius 3 is 2.70 bits per heavy atom. The van der Waals surface area contributed by atoms with Gasteiger partial charge < -0.3 is 14.4 Å². The minimum Gasteiger partial charge on any atom is -0.335 e. The zero-order valence-corrected chi connectivity index (χ0v) is 14.0. The van der Waals surface area contributed by atoms with E-state index in [1.165, 1.54) is 0 Å². The van der Waals surface area contributed by atoms with Gasteiger partial charge in [-0.05, 0) is 25.7 Å². The second-order valence-electron chi connectivity index (χ2n) is 7.57. The van der Waals surface area contributed by atoms with Crippen LogP contribution in [0.1, 0.15) is 50.1 Å². The molecule has 3 fully saturated rings. The Labute approximate surface area is 136 Å². The highest BCUT2D eigenvalue weighted by Gasteiger charge is 2.61. The first-order valence-electron chi connectivity index (χ1n) is 8.50. The summed E-state index contributed by atoms with van der Waals surface area (Å²) in [5.74, 6) is 0.645. The molecule has 0 aromatic carbocycles. The molecule has 6 nitrogen and oxygen atoms in total. The van der Waals surface area contributed by atoms with Crippen LogP contribution in [0.5, 0.6) is 0 Å². The molecule has 0 spiro atoms. The number of aromatic nitrogens is 2. The molecule has 0 N–H and O–H groups in total. The van der Waals surface area contributed by atoms with E-state index in [0.29, 0.717) is 12.4 Å². The fourth-order valence-electron chi connectivity index (χ4n) is 5.40. The number of imidazole rings is 1. The van der Waals surface area contributed by atoms with Gasteiger partial charge in [0.2, 0.25) is 5.91 Å². The van der Waals surface area contributed by atoms with Gasteiger partial charge in [0, 0.05) is 50.4 Å². The Hall–Kier alpha value is -1.85. The average Bonchev–Trinajstić information content (AvgIpc) is 3.04. The molecule has 1 saturated carbocycles. The minimum absolute atomic E-state index is 0.00415. The summed E-state index contributed by atoms with van der Waals surface area (Å²) in [4.78, 5) is 33.6. The number of hydrogen-bond donors (Lipinski definition) is 0. The molecule has 6 heteroatoms. The Morgan fingerprint density at radius 1 is 1.30 bits per heavy atom. The minimum atomic E-state index is 0.00415. The summed E-state index contributed by atoms with van der Waals surface area (Å²) in [6, 6.07) is 0.648. The zero-order valence-electron chi connectivity index (χ0n) is 14.0. The summed E-state index contributed by atoms with van der Waals surface area (Å²) in [5, 5.41) is 0. The number of piperidine rings is 1. The van der Waals surface area contributed by atoms with Crippen molar-refractivity contribution >= 4 is 11.8 Å². The van der Waals surface area contributed by atoms with Crippen LogP contribution < -0.4 is 0 Å². The van der Waals surface area contributed by atoms with Crippen LogP contribution in [-0.2, 0) is 11.8 Å². The zero-order chi connectivity index (χ0) is 16.4. The van der Waals surface area contributed by atoms with Crippen molar-refractivity contribution in [3.05, 3.63) is 18.2 Å². The maximum atomic E-state index is 13.1. The third-order valence-corrected chi connectivity index (χ3v) is 6.30. The van der Waals surface area contributed by atoms with Gasteiger partial charge >= 0.3 is 0 Å². The molecule has 3 aliphatic rings. The van der Waals surface area contributed by atoms with Crippen molar-refractivity contribution in [1.82, 2.24) is 19.4 Å². The van der Waals surface area contributed by atoms with E-state index < -0.39 is 0 Å². The third kappa shape index (κ3) is 1.90. The Kier molecular flexibility index (Phi) is 3.09. The molecule has 0 radical (unpaired) electrons. The summed E-state index contributed by atoms with van der Waals surface area (Å²) in [6.45, 7) is 4.58. The van der Waals surface area contributed by atoms with Crippen molar-refractivity contribution in [2.75, 3.05) is 6.54 Å². The summed E-state index contributed by atoms with van der Waals surface area (Å²) >= 11 is 0. The molecule has 4 rings (SSSR count). The lowest BCUT2D eigenvalue weighted by Gasteiger charge is -2.49. The number of aryl methyl sites for hydroxylation is 1. The largest absolute Gasteiger partial charge is 0.335 e. The van der Waals surface area contributed by atoms with Gasteiger partial charge in [0.15, 0.2) is 5.82 Å². The fraction of sp³-hybridized carbons (Fsp3) is 0.706. The van der Waals surface area contributed by atoms with Crippen LogP contribution in [0, 0.1) is 5.41 Å². The van der Waals surface area contributed by atoms with Crippen molar-refractivity contribution in [3.63, 3.8) is 0 Å². The fourth-order valence-corrected chi connectivity index (χ4v) is 5.40. The normalized spacial score (nSPS) is 35.5. The van der Waals surface area contributed by atoms with Gasteiger partial charge in [-0.3, -0.25) is 9.59 Å². The number of hydrogen-bond acceptors (Lipinski definition) is 3. The maximum absolute atomic E-state index is 13.1. The molecular weight excluding hydrogens is 292 g/mol. The molecular formula is C17H24N4O2. The lowest BCUT2D eigenvalue weighted by molar-refractivity contribution is -0.132. The first kappa shape index (κ1) is 14.7. The second kappa shape index (κ2) is 4.82. The number of fused-ring (bicyclic) bond motifs is 1. The Bertz CT molecular complexity index is 669. The second-order valence-corrected chi connectivity index (χ2v) is 7.57. The smallest absolute Gasteiger partial charge is 0.290 e. The summed E-state index contributed by atoms with van der Waals surface area (Å²) in [5.41, 5.74) is 0.0215. The molecule has 2 bridgehead atoms. The highest BCUT2D eigenvalue weighted by atomic mass is 16.2. The van der Waals surface area contributed by atoms with Gasteiger partial charge in [0.25, 0.3) is 5.91 Å². The van der Waals surface area contributed by atoms with Gasteiger partial charge in [-0.25, -0.2) is 4.98 Å². The summed E-state index contributed by atoms with van der Waals surface area (Å²) in [7, 11) is 1.85. The molecule has 1 aliphatic carbocycles. The third-order valence-electron chi connectivity index (χ3n) is 6.30. The van der Waals surface area contributed by atoms with Gasteiger partial charge in [0.05, 0.1) is 6.04 Å². The molecule has 0 unspecified atom stereocenters. The van der Waals surface area contributed by atoms with Crippen molar-refractivity contribution in [2.24, 2.45) is 12.5 Å². The lowest BCUT2D eigenvalue weighted by atomic mass is 9.66. The molecule has 23 heavy (non-hydrogen) atoms.